The predicted octanol–water partition coefficient (Wildman–Crippen LogP) is 17.0. The summed E-state index contributed by atoms with van der Waals surface area (Å²) in [5, 5.41) is 4.76. The lowest BCUT2D eigenvalue weighted by atomic mass is 10.0. The summed E-state index contributed by atoms with van der Waals surface area (Å²) in [6.07, 6.45) is 9.79. The van der Waals surface area contributed by atoms with Crippen LogP contribution in [-0.2, 0) is 58.0 Å². The fraction of sp³-hybridized carbons (Fsp3) is 0.443. The molecule has 5 saturated heterocycles. The molecule has 3 aromatic heterocycles. The summed E-state index contributed by atoms with van der Waals surface area (Å²) in [5.41, 5.74) is 7.73. The van der Waals surface area contributed by atoms with Crippen LogP contribution in [-0.4, -0.2) is 235 Å². The molecule has 692 valence electrons. The Morgan fingerprint density at radius 3 is 1.18 bits per heavy atom. The Morgan fingerprint density at radius 2 is 0.848 bits per heavy atom. The number of piperazine rings is 3. The number of benzene rings is 6. The molecule has 0 saturated carbocycles. The number of hydrogen-bond donors (Lipinski definition) is 0. The van der Waals surface area contributed by atoms with Gasteiger partial charge < -0.3 is 77.6 Å². The van der Waals surface area contributed by atoms with Crippen molar-refractivity contribution in [2.45, 2.75) is 147 Å². The van der Waals surface area contributed by atoms with Crippen molar-refractivity contribution in [2.24, 2.45) is 0 Å². The van der Waals surface area contributed by atoms with E-state index in [-0.39, 0.29) is 90.1 Å². The van der Waals surface area contributed by atoms with Crippen LogP contribution in [0.3, 0.4) is 0 Å². The minimum absolute atomic E-state index is 0.0251. The normalized spacial score (nSPS) is 19.5. The Hall–Kier alpha value is -12.0. The van der Waals surface area contributed by atoms with Crippen molar-refractivity contribution in [3.8, 4) is 18.0 Å². The van der Waals surface area contributed by atoms with Crippen molar-refractivity contribution in [2.75, 3.05) is 161 Å². The summed E-state index contributed by atoms with van der Waals surface area (Å²) < 4.78 is 109. The Morgan fingerprint density at radius 1 is 0.477 bits per heavy atom. The molecule has 17 rings (SSSR count). The first-order valence-electron chi connectivity index (χ1n) is 44.6. The summed E-state index contributed by atoms with van der Waals surface area (Å²) >= 11 is 19.4. The van der Waals surface area contributed by atoms with Crippen molar-refractivity contribution in [3.05, 3.63) is 229 Å². The predicted molar refractivity (Wildman–Crippen MR) is 500 cm³/mol. The molecule has 0 radical (unpaired) electrons. The highest BCUT2D eigenvalue weighted by molar-refractivity contribution is 6.38. The first-order chi connectivity index (χ1) is 63.6. The van der Waals surface area contributed by atoms with Crippen molar-refractivity contribution in [3.63, 3.8) is 0 Å². The van der Waals surface area contributed by atoms with Gasteiger partial charge in [-0.05, 0) is 131 Å². The number of unbranched alkanes of at least 4 members (excludes halogenated alkanes) is 2. The molecule has 11 heterocycles. The fourth-order valence-corrected chi connectivity index (χ4v) is 19.8. The van der Waals surface area contributed by atoms with Crippen LogP contribution in [0.1, 0.15) is 106 Å². The molecule has 0 bridgehead atoms. The fourth-order valence-electron chi connectivity index (χ4n) is 19.0. The van der Waals surface area contributed by atoms with Gasteiger partial charge in [0.1, 0.15) is 66.2 Å². The summed E-state index contributed by atoms with van der Waals surface area (Å²) in [7, 11) is 2.11. The maximum atomic E-state index is 14.6. The number of ether oxygens (including phenoxy) is 4. The lowest BCUT2D eigenvalue weighted by molar-refractivity contribution is -0.131. The van der Waals surface area contributed by atoms with E-state index in [0.717, 1.165) is 118 Å². The zero-order chi connectivity index (χ0) is 93.3. The monoisotopic (exact) mass is 1870 g/mol. The minimum Gasteiger partial charge on any atom is -0.463 e. The summed E-state index contributed by atoms with van der Waals surface area (Å²) in [6.45, 7) is 46.3. The average molecular weight is 1870 g/mol. The zero-order valence-electron chi connectivity index (χ0n) is 74.3. The third kappa shape index (κ3) is 20.6. The third-order valence-electron chi connectivity index (χ3n) is 26.2. The Bertz CT molecular complexity index is 6040. The summed E-state index contributed by atoms with van der Waals surface area (Å²) in [5.74, 6) is -4.80. The van der Waals surface area contributed by atoms with E-state index in [0.29, 0.717) is 158 Å². The lowest BCUT2D eigenvalue weighted by Gasteiger charge is -2.41. The van der Waals surface area contributed by atoms with Crippen molar-refractivity contribution < 1.29 is 59.7 Å². The highest BCUT2D eigenvalue weighted by atomic mass is 35.5. The van der Waals surface area contributed by atoms with E-state index in [1.165, 1.54) is 32.9 Å². The second kappa shape index (κ2) is 41.8. The van der Waals surface area contributed by atoms with Gasteiger partial charge in [0.25, 0.3) is 17.7 Å². The number of likely N-dealkylation sites (tertiary alicyclic amines) is 1. The van der Waals surface area contributed by atoms with Gasteiger partial charge in [-0.3, -0.25) is 19.3 Å². The number of nitrogens with zero attached hydrogens (tertiary/aromatic N) is 19. The second-order valence-corrected chi connectivity index (χ2v) is 35.9. The lowest BCUT2D eigenvalue weighted by Crippen LogP contribution is -2.57. The van der Waals surface area contributed by atoms with Gasteiger partial charge in [-0.15, -0.1) is 0 Å². The number of amides is 3. The molecule has 0 aliphatic carbocycles. The molecule has 6 aromatic carbocycles. The van der Waals surface area contributed by atoms with Crippen molar-refractivity contribution in [1.29, 1.82) is 0 Å². The molecule has 5 atom stereocenters. The molecule has 35 heteroatoms. The standard InChI is InChI=1S/C34H38ClF2N7O2.C32H33ClF2N6O3.C31H33ClF2N6O2/c1-21(36)32(45)44-16-15-43(18-24(44)17-38-4)31-25-12-14-42(28-8-6-7-22-9-10-26(37)30(35)29(22)28)19-27(25)39-33(40-31)46-20-23-11-13-34(2,3)41(23)5;1-20(34)31(42)41-14-13-40(17-22(41)16-36-2)30-24-11-12-39(27-8-5-6-21-9-10-25(35)29(33)28(21)27)18-26(24)37-32(38-30)44-19-23-7-3-4-15-43-23;1-4-5-6-16-42-31-36-25-19-38(26-9-7-8-21-10-11-24(34)28(32)27(21)26)13-12-23(25)29(37-31)39-14-15-40(30(41)20(2)33)22(18-39)17-35-3/h6-10,23-24H,1,11-20H2,2-3,5H3;5-6,8-10,22-23H,1,3-4,7,11-19H2;7-11,22H,2,4-6,12-19H2,1H3/t23?,24-;22-,23?;22-/m000/s1. The SMILES string of the molecule is [C-]#[N+]C[C@H]1CN(c2nc(OCC3CCC(C)(C)N3C)nc3c2CCN(c2cccc4ccc(F)c(Cl)c24)C3)CCN1C(=O)C(=C)F.[C-]#[N+]C[C@H]1CN(c2nc(OCC3CCCCO3)nc3c2CCN(c2cccc4ccc(F)c(Cl)c24)C3)CCN1C(=O)C(=C)F.[C-]#[N+]C[C@H]1CN(c2nc(OCCCCC)nc3c2CCN(c2cccc4ccc(F)c(Cl)c24)C3)CCN1C(=O)C(=C)F. The summed E-state index contributed by atoms with van der Waals surface area (Å²) in [6, 6.07) is 26.0. The number of carbonyl (C=O) groups is 3. The molecule has 2 unspecified atom stereocenters. The van der Waals surface area contributed by atoms with Crippen LogP contribution in [0.15, 0.2) is 128 Å². The van der Waals surface area contributed by atoms with Crippen molar-refractivity contribution >= 4 is 119 Å². The number of halogens is 9. The largest absolute Gasteiger partial charge is 0.463 e. The summed E-state index contributed by atoms with van der Waals surface area (Å²) in [4.78, 5) is 96.2. The minimum atomic E-state index is -1.04. The van der Waals surface area contributed by atoms with E-state index in [1.807, 2.05) is 64.4 Å². The Balaban J connectivity index is 0.000000152. The number of aromatic nitrogens is 6. The first-order valence-corrected chi connectivity index (χ1v) is 45.8. The number of likely N-dealkylation sites (N-methyl/N-ethyl adjacent to an activating group) is 1. The van der Waals surface area contributed by atoms with E-state index in [9.17, 15) is 40.7 Å². The van der Waals surface area contributed by atoms with Gasteiger partial charge in [-0.1, -0.05) is 129 Å². The van der Waals surface area contributed by atoms with Gasteiger partial charge in [0.15, 0.2) is 17.5 Å². The first kappa shape index (κ1) is 94.6. The topological polar surface area (TPSA) is 211 Å². The van der Waals surface area contributed by atoms with Gasteiger partial charge in [-0.2, -0.15) is 29.9 Å². The maximum Gasteiger partial charge on any atom is 0.318 e. The molecule has 8 aliphatic rings. The molecule has 0 N–H and O–H groups in total. The molecule has 8 aliphatic heterocycles. The third-order valence-corrected chi connectivity index (χ3v) is 27.3. The molecule has 3 amide bonds. The molecule has 132 heavy (non-hydrogen) atoms. The number of anilines is 6. The van der Waals surface area contributed by atoms with E-state index >= 15 is 0 Å². The number of hydrogen-bond acceptors (Lipinski definition) is 20. The number of fused-ring (bicyclic) bond motifs is 6. The van der Waals surface area contributed by atoms with E-state index in [4.69, 9.17) is 103 Å². The number of carbonyl (C=O) groups excluding carboxylic acids is 3. The number of rotatable bonds is 23. The van der Waals surface area contributed by atoms with E-state index < -0.39 is 70.8 Å². The van der Waals surface area contributed by atoms with Gasteiger partial charge >= 0.3 is 18.0 Å². The molecule has 9 aromatic rings. The zero-order valence-corrected chi connectivity index (χ0v) is 76.5. The van der Waals surface area contributed by atoms with Crippen LogP contribution in [0.5, 0.6) is 18.0 Å². The Labute approximate surface area is 778 Å². The molecule has 26 nitrogen and oxygen atoms in total. The van der Waals surface area contributed by atoms with Crippen LogP contribution in [0.25, 0.3) is 46.9 Å². The van der Waals surface area contributed by atoms with Gasteiger partial charge in [0.2, 0.25) is 19.6 Å². The van der Waals surface area contributed by atoms with Crippen molar-refractivity contribution in [1.82, 2.24) is 49.5 Å². The van der Waals surface area contributed by atoms with Crippen LogP contribution in [0.4, 0.5) is 60.9 Å². The van der Waals surface area contributed by atoms with Crippen LogP contribution < -0.4 is 43.6 Å². The van der Waals surface area contributed by atoms with Crippen LogP contribution >= 0.6 is 34.8 Å². The average Bonchev–Trinajstić information content (AvgIpc) is 0.916. The second-order valence-electron chi connectivity index (χ2n) is 34.8. The van der Waals surface area contributed by atoms with Crippen LogP contribution in [0.2, 0.25) is 15.1 Å². The molecular weight excluding hydrogens is 1760 g/mol. The van der Waals surface area contributed by atoms with E-state index in [1.54, 1.807) is 18.2 Å². The van der Waals surface area contributed by atoms with Gasteiger partial charge in [0, 0.05) is 147 Å². The van der Waals surface area contributed by atoms with E-state index in [2.05, 4.69) is 86.6 Å². The maximum absolute atomic E-state index is 14.6. The molecule has 0 spiro atoms. The molecule has 5 fully saturated rings. The molecular formula is C97H104Cl3F6N19O7. The Kier molecular flexibility index (Phi) is 30.0. The van der Waals surface area contributed by atoms with Gasteiger partial charge in [0.05, 0.1) is 64.5 Å². The highest BCUT2D eigenvalue weighted by Gasteiger charge is 2.43. The highest BCUT2D eigenvalue weighted by Crippen LogP contribution is 2.44. The smallest absolute Gasteiger partial charge is 0.318 e. The van der Waals surface area contributed by atoms with Crippen LogP contribution in [0, 0.1) is 37.2 Å². The van der Waals surface area contributed by atoms with Gasteiger partial charge in [-0.25, -0.2) is 46.1 Å². The quantitative estimate of drug-likeness (QED) is 0.0252.